The van der Waals surface area contributed by atoms with Gasteiger partial charge in [-0.05, 0) is 12.1 Å². The standard InChI is InChI=1S/C6H6O2.C2H4O2.CH5N3/c7-5-3-1-2-4-6(5)8;1-2(3)4;2-1(3)4/h1-4,7-8H;1H3,(H,3,4);(H5,2,3,4). The van der Waals surface area contributed by atoms with Crippen LogP contribution in [0, 0.1) is 5.41 Å². The number of carbonyl (C=O) groups is 1. The Morgan fingerprint density at radius 1 is 1.19 bits per heavy atom. The second kappa shape index (κ2) is 9.13. The van der Waals surface area contributed by atoms with Crippen molar-refractivity contribution in [1.82, 2.24) is 0 Å². The number of phenols is 2. The fourth-order valence-corrected chi connectivity index (χ4v) is 0.464. The summed E-state index contributed by atoms with van der Waals surface area (Å²) in [6, 6.07) is 6.15. The van der Waals surface area contributed by atoms with Crippen molar-refractivity contribution in [3.63, 3.8) is 0 Å². The third kappa shape index (κ3) is 17.6. The molecule has 1 aromatic carbocycles. The Hall–Kier alpha value is -2.44. The van der Waals surface area contributed by atoms with Crippen LogP contribution in [0.3, 0.4) is 0 Å². The zero-order valence-corrected chi connectivity index (χ0v) is 8.71. The number of nitrogens with one attached hydrogen (secondary N) is 1. The van der Waals surface area contributed by atoms with Crippen LogP contribution < -0.4 is 11.5 Å². The maximum atomic E-state index is 9.00. The topological polar surface area (TPSA) is 154 Å². The average Bonchev–Trinajstić information content (AvgIpc) is 2.08. The quantitative estimate of drug-likeness (QED) is 0.209. The molecule has 0 aliphatic carbocycles. The number of guanidine groups is 1. The van der Waals surface area contributed by atoms with Crippen LogP contribution >= 0.6 is 0 Å². The highest BCUT2D eigenvalue weighted by atomic mass is 16.4. The normalized spacial score (nSPS) is 7.56. The van der Waals surface area contributed by atoms with E-state index >= 15 is 0 Å². The van der Waals surface area contributed by atoms with Gasteiger partial charge in [0.1, 0.15) is 0 Å². The van der Waals surface area contributed by atoms with Crippen molar-refractivity contribution >= 4 is 11.9 Å². The molecule has 0 amide bonds. The molecular weight excluding hydrogens is 214 g/mol. The molecule has 0 spiro atoms. The van der Waals surface area contributed by atoms with Crippen LogP contribution in [0.15, 0.2) is 24.3 Å². The highest BCUT2D eigenvalue weighted by molar-refractivity contribution is 5.71. The molecule has 0 aliphatic heterocycles. The van der Waals surface area contributed by atoms with Gasteiger partial charge in [0.15, 0.2) is 17.5 Å². The summed E-state index contributed by atoms with van der Waals surface area (Å²) in [6.45, 7) is 1.08. The molecule has 0 fully saturated rings. The molecule has 0 heterocycles. The molecule has 1 rings (SSSR count). The molecule has 0 saturated carbocycles. The number of hydrogen-bond acceptors (Lipinski definition) is 4. The first kappa shape index (κ1) is 16.0. The number of para-hydroxylation sites is 2. The van der Waals surface area contributed by atoms with E-state index < -0.39 is 5.97 Å². The van der Waals surface area contributed by atoms with Crippen molar-refractivity contribution < 1.29 is 20.1 Å². The van der Waals surface area contributed by atoms with E-state index in [0.717, 1.165) is 6.92 Å². The largest absolute Gasteiger partial charge is 0.504 e. The fourth-order valence-electron chi connectivity index (χ4n) is 0.464. The number of hydrogen-bond donors (Lipinski definition) is 6. The summed E-state index contributed by atoms with van der Waals surface area (Å²) in [5, 5.41) is 30.8. The SMILES string of the molecule is CC(=O)O.N=C(N)N.Oc1ccccc1O. The average molecular weight is 229 g/mol. The molecule has 1 aromatic rings. The van der Waals surface area contributed by atoms with E-state index in [1.54, 1.807) is 12.1 Å². The van der Waals surface area contributed by atoms with Gasteiger partial charge in [0.05, 0.1) is 0 Å². The molecule has 16 heavy (non-hydrogen) atoms. The van der Waals surface area contributed by atoms with Crippen LogP contribution in [0.4, 0.5) is 0 Å². The molecule has 7 nitrogen and oxygen atoms in total. The van der Waals surface area contributed by atoms with Gasteiger partial charge in [-0.1, -0.05) is 12.1 Å². The van der Waals surface area contributed by atoms with Gasteiger partial charge in [-0.3, -0.25) is 10.2 Å². The minimum atomic E-state index is -0.833. The number of rotatable bonds is 0. The van der Waals surface area contributed by atoms with Crippen LogP contribution in [0.25, 0.3) is 0 Å². The molecular formula is C9H15N3O4. The monoisotopic (exact) mass is 229 g/mol. The van der Waals surface area contributed by atoms with Gasteiger partial charge in [0.2, 0.25) is 0 Å². The van der Waals surface area contributed by atoms with Crippen molar-refractivity contribution in [2.24, 2.45) is 11.5 Å². The zero-order chi connectivity index (χ0) is 13.1. The summed E-state index contributed by atoms with van der Waals surface area (Å²) in [5.74, 6) is -1.32. The van der Waals surface area contributed by atoms with Crippen LogP contribution in [-0.2, 0) is 4.79 Å². The first-order valence-electron chi connectivity index (χ1n) is 4.03. The minimum absolute atomic E-state index is 0.0764. The summed E-state index contributed by atoms with van der Waals surface area (Å²) >= 11 is 0. The molecule has 0 saturated heterocycles. The Bertz CT molecular complexity index is 300. The summed E-state index contributed by atoms with van der Waals surface area (Å²) in [5.41, 5.74) is 8.94. The summed E-state index contributed by atoms with van der Waals surface area (Å²) < 4.78 is 0. The van der Waals surface area contributed by atoms with Crippen LogP contribution in [0.2, 0.25) is 0 Å². The van der Waals surface area contributed by atoms with Gasteiger partial charge in [0, 0.05) is 6.92 Å². The Morgan fingerprint density at radius 2 is 1.38 bits per heavy atom. The van der Waals surface area contributed by atoms with Crippen molar-refractivity contribution in [1.29, 1.82) is 5.41 Å². The van der Waals surface area contributed by atoms with Crippen LogP contribution in [-0.4, -0.2) is 27.2 Å². The van der Waals surface area contributed by atoms with Crippen molar-refractivity contribution in [2.75, 3.05) is 0 Å². The number of nitrogens with two attached hydrogens (primary N) is 2. The number of aliphatic carboxylic acids is 1. The molecule has 0 aliphatic rings. The lowest BCUT2D eigenvalue weighted by atomic mass is 10.3. The van der Waals surface area contributed by atoms with Crippen molar-refractivity contribution in [3.8, 4) is 11.5 Å². The van der Waals surface area contributed by atoms with E-state index in [1.165, 1.54) is 12.1 Å². The summed E-state index contributed by atoms with van der Waals surface area (Å²) in [4.78, 5) is 9.00. The number of benzene rings is 1. The number of phenolic OH excluding ortho intramolecular Hbond substituents is 2. The molecule has 0 aromatic heterocycles. The Morgan fingerprint density at radius 3 is 1.50 bits per heavy atom. The van der Waals surface area contributed by atoms with E-state index in [1.807, 2.05) is 0 Å². The molecule has 0 radical (unpaired) electrons. The highest BCUT2D eigenvalue weighted by Crippen LogP contribution is 2.21. The van der Waals surface area contributed by atoms with E-state index in [-0.39, 0.29) is 17.5 Å². The predicted molar refractivity (Wildman–Crippen MR) is 59.2 cm³/mol. The minimum Gasteiger partial charge on any atom is -0.504 e. The highest BCUT2D eigenvalue weighted by Gasteiger charge is 1.90. The Labute approximate surface area is 92.4 Å². The number of aromatic hydroxyl groups is 2. The molecule has 0 atom stereocenters. The van der Waals surface area contributed by atoms with Gasteiger partial charge in [-0.15, -0.1) is 0 Å². The van der Waals surface area contributed by atoms with Gasteiger partial charge >= 0.3 is 0 Å². The number of carboxylic acids is 1. The van der Waals surface area contributed by atoms with E-state index in [9.17, 15) is 0 Å². The van der Waals surface area contributed by atoms with Gasteiger partial charge in [-0.25, -0.2) is 0 Å². The lowest BCUT2D eigenvalue weighted by Gasteiger charge is -1.91. The maximum absolute atomic E-state index is 9.00. The lowest BCUT2D eigenvalue weighted by molar-refractivity contribution is -0.134. The van der Waals surface area contributed by atoms with Gasteiger partial charge in [0.25, 0.3) is 5.97 Å². The second-order valence-electron chi connectivity index (χ2n) is 2.46. The number of carboxylic acid groups (broad SMARTS) is 1. The van der Waals surface area contributed by atoms with Gasteiger partial charge in [-0.2, -0.15) is 0 Å². The van der Waals surface area contributed by atoms with Crippen LogP contribution in [0.1, 0.15) is 6.92 Å². The molecule has 7 heteroatoms. The first-order chi connectivity index (χ1) is 7.27. The predicted octanol–water partition coefficient (Wildman–Crippen LogP) is 0.0273. The summed E-state index contributed by atoms with van der Waals surface area (Å²) in [6.07, 6.45) is 0. The van der Waals surface area contributed by atoms with E-state index in [4.69, 9.17) is 25.5 Å². The van der Waals surface area contributed by atoms with Gasteiger partial charge < -0.3 is 26.8 Å². The van der Waals surface area contributed by atoms with E-state index in [2.05, 4.69) is 11.5 Å². The third-order valence-corrected chi connectivity index (χ3v) is 0.882. The third-order valence-electron chi connectivity index (χ3n) is 0.882. The molecule has 0 unspecified atom stereocenters. The van der Waals surface area contributed by atoms with Crippen molar-refractivity contribution in [2.45, 2.75) is 6.92 Å². The molecule has 8 N–H and O–H groups in total. The maximum Gasteiger partial charge on any atom is 0.300 e. The molecule has 90 valence electrons. The Balaban J connectivity index is 0. The fraction of sp³-hybridized carbons (Fsp3) is 0.111. The van der Waals surface area contributed by atoms with Crippen LogP contribution in [0.5, 0.6) is 11.5 Å². The smallest absolute Gasteiger partial charge is 0.300 e. The zero-order valence-electron chi connectivity index (χ0n) is 8.71. The first-order valence-corrected chi connectivity index (χ1v) is 4.03. The molecule has 0 bridgehead atoms. The van der Waals surface area contributed by atoms with E-state index in [0.29, 0.717) is 0 Å². The second-order valence-corrected chi connectivity index (χ2v) is 2.46. The lowest BCUT2D eigenvalue weighted by Crippen LogP contribution is -2.20. The van der Waals surface area contributed by atoms with Crippen molar-refractivity contribution in [3.05, 3.63) is 24.3 Å². The summed E-state index contributed by atoms with van der Waals surface area (Å²) in [7, 11) is 0. The Kier molecular flexibility index (Phi) is 9.13.